The lowest BCUT2D eigenvalue weighted by atomic mass is 10.0. The molecular formula is C27H24Cl3N5O5S. The smallest absolute Gasteiger partial charge is 0.412 e. The molecule has 0 saturated carbocycles. The van der Waals surface area contributed by atoms with Crippen molar-refractivity contribution in [3.05, 3.63) is 60.8 Å². The Labute approximate surface area is 251 Å². The van der Waals surface area contributed by atoms with Gasteiger partial charge in [-0.1, -0.05) is 53.0 Å². The van der Waals surface area contributed by atoms with Crippen LogP contribution < -0.4 is 10.2 Å². The molecule has 2 aromatic heterocycles. The first-order valence-electron chi connectivity index (χ1n) is 12.4. The summed E-state index contributed by atoms with van der Waals surface area (Å²) in [4.78, 5) is 28.3. The number of nitrogens with zero attached hydrogens (tertiary/aromatic N) is 4. The summed E-state index contributed by atoms with van der Waals surface area (Å²) >= 11 is 16.8. The number of morpholine rings is 1. The number of aromatic nitrogens is 3. The number of sulfone groups is 1. The highest BCUT2D eigenvalue weighted by atomic mass is 35.6. The van der Waals surface area contributed by atoms with Crippen LogP contribution in [0, 0.1) is 0 Å². The second kappa shape index (κ2) is 11.9. The van der Waals surface area contributed by atoms with E-state index in [2.05, 4.69) is 15.2 Å². The Balaban J connectivity index is 1.50. The Morgan fingerprint density at radius 1 is 1.02 bits per heavy atom. The summed E-state index contributed by atoms with van der Waals surface area (Å²) in [5.41, 5.74) is 2.86. The van der Waals surface area contributed by atoms with Gasteiger partial charge in [0.1, 0.15) is 18.2 Å². The Morgan fingerprint density at radius 2 is 1.76 bits per heavy atom. The van der Waals surface area contributed by atoms with E-state index in [9.17, 15) is 13.2 Å². The maximum absolute atomic E-state index is 12.1. The summed E-state index contributed by atoms with van der Waals surface area (Å²) in [6.45, 7) is 2.07. The molecule has 1 amide bonds. The normalized spacial score (nSPS) is 14.2. The van der Waals surface area contributed by atoms with E-state index in [0.717, 1.165) is 22.3 Å². The minimum atomic E-state index is -3.36. The SMILES string of the molecule is CS(=O)(=O)c1cccc(-c2ccc3c(N4CCOCC4)nc(-c4ccc(NC(=O)OCC(Cl)(Cl)Cl)nc4)nc3c2)c1. The van der Waals surface area contributed by atoms with Crippen molar-refractivity contribution in [3.63, 3.8) is 0 Å². The number of hydrogen-bond donors (Lipinski definition) is 1. The molecule has 214 valence electrons. The van der Waals surface area contributed by atoms with E-state index in [1.807, 2.05) is 24.3 Å². The molecule has 41 heavy (non-hydrogen) atoms. The maximum atomic E-state index is 12.1. The highest BCUT2D eigenvalue weighted by molar-refractivity contribution is 7.90. The van der Waals surface area contributed by atoms with Crippen molar-refractivity contribution in [1.82, 2.24) is 15.0 Å². The van der Waals surface area contributed by atoms with Crippen LogP contribution in [0.3, 0.4) is 0 Å². The molecule has 1 aliphatic rings. The van der Waals surface area contributed by atoms with Gasteiger partial charge in [-0.2, -0.15) is 0 Å². The number of halogens is 3. The standard InChI is InChI=1S/C27H24Cl3N5O5S/c1-41(37,38)20-4-2-3-17(13-20)18-5-7-21-22(14-18)32-24(34-25(21)35-9-11-39-12-10-35)19-6-8-23(31-15-19)33-26(36)40-16-27(28,29)30/h2-8,13-15H,9-12,16H2,1H3,(H,31,33,36). The van der Waals surface area contributed by atoms with Gasteiger partial charge in [-0.3, -0.25) is 5.32 Å². The van der Waals surface area contributed by atoms with Crippen molar-refractivity contribution in [2.24, 2.45) is 0 Å². The van der Waals surface area contributed by atoms with E-state index in [-0.39, 0.29) is 10.7 Å². The van der Waals surface area contributed by atoms with E-state index in [0.29, 0.717) is 43.2 Å². The lowest BCUT2D eigenvalue weighted by molar-refractivity contribution is 0.122. The van der Waals surface area contributed by atoms with Crippen LogP contribution in [-0.2, 0) is 19.3 Å². The summed E-state index contributed by atoms with van der Waals surface area (Å²) in [5.74, 6) is 1.41. The van der Waals surface area contributed by atoms with Gasteiger partial charge in [0.25, 0.3) is 0 Å². The Morgan fingerprint density at radius 3 is 2.44 bits per heavy atom. The molecule has 0 spiro atoms. The Bertz CT molecular complexity index is 1690. The monoisotopic (exact) mass is 635 g/mol. The Kier molecular flexibility index (Phi) is 8.53. The highest BCUT2D eigenvalue weighted by Gasteiger charge is 2.23. The van der Waals surface area contributed by atoms with E-state index >= 15 is 0 Å². The second-order valence-electron chi connectivity index (χ2n) is 9.25. The summed E-state index contributed by atoms with van der Waals surface area (Å²) in [7, 11) is -3.36. The fraction of sp³-hybridized carbons (Fsp3) is 0.259. The molecular weight excluding hydrogens is 613 g/mol. The quantitative estimate of drug-likeness (QED) is 0.273. The predicted molar refractivity (Wildman–Crippen MR) is 160 cm³/mol. The number of nitrogens with one attached hydrogen (secondary N) is 1. The predicted octanol–water partition coefficient (Wildman–Crippen LogP) is 5.52. The third-order valence-electron chi connectivity index (χ3n) is 6.20. The van der Waals surface area contributed by atoms with Gasteiger partial charge in [0.2, 0.25) is 3.79 Å². The number of benzene rings is 2. The van der Waals surface area contributed by atoms with Crippen molar-refractivity contribution in [3.8, 4) is 22.5 Å². The van der Waals surface area contributed by atoms with Crippen LogP contribution in [0.4, 0.5) is 16.4 Å². The molecule has 5 rings (SSSR count). The minimum Gasteiger partial charge on any atom is -0.445 e. The Hall–Kier alpha value is -3.22. The van der Waals surface area contributed by atoms with Crippen molar-refractivity contribution >= 4 is 73.3 Å². The number of fused-ring (bicyclic) bond motifs is 1. The number of pyridine rings is 1. The van der Waals surface area contributed by atoms with Gasteiger partial charge in [-0.15, -0.1) is 0 Å². The molecule has 14 heteroatoms. The fourth-order valence-electron chi connectivity index (χ4n) is 4.23. The van der Waals surface area contributed by atoms with Crippen molar-refractivity contribution in [2.45, 2.75) is 8.69 Å². The zero-order chi connectivity index (χ0) is 29.2. The van der Waals surface area contributed by atoms with Crippen LogP contribution in [0.5, 0.6) is 0 Å². The van der Waals surface area contributed by atoms with Crippen LogP contribution in [-0.4, -0.2) is 72.4 Å². The third-order valence-corrected chi connectivity index (χ3v) is 7.64. The van der Waals surface area contributed by atoms with Crippen LogP contribution in [0.2, 0.25) is 0 Å². The summed E-state index contributed by atoms with van der Waals surface area (Å²) in [6, 6.07) is 15.9. The molecule has 0 atom stereocenters. The van der Waals surface area contributed by atoms with Crippen LogP contribution in [0.25, 0.3) is 33.4 Å². The van der Waals surface area contributed by atoms with E-state index in [4.69, 9.17) is 54.2 Å². The number of carbonyl (C=O) groups excluding carboxylic acids is 1. The van der Waals surface area contributed by atoms with Gasteiger partial charge in [0.05, 0.1) is 23.6 Å². The van der Waals surface area contributed by atoms with Crippen LogP contribution in [0.1, 0.15) is 0 Å². The lowest BCUT2D eigenvalue weighted by Gasteiger charge is -2.29. The molecule has 2 aromatic carbocycles. The van der Waals surface area contributed by atoms with Crippen LogP contribution >= 0.6 is 34.8 Å². The molecule has 0 aliphatic carbocycles. The largest absolute Gasteiger partial charge is 0.445 e. The minimum absolute atomic E-state index is 0.227. The number of rotatable bonds is 6. The molecule has 0 bridgehead atoms. The van der Waals surface area contributed by atoms with Gasteiger partial charge < -0.3 is 14.4 Å². The first-order chi connectivity index (χ1) is 19.5. The van der Waals surface area contributed by atoms with E-state index in [1.165, 1.54) is 12.5 Å². The fourth-order valence-corrected chi connectivity index (χ4v) is 5.06. The summed E-state index contributed by atoms with van der Waals surface area (Å²) in [6.07, 6.45) is 1.90. The summed E-state index contributed by atoms with van der Waals surface area (Å²) in [5, 5.41) is 3.32. The van der Waals surface area contributed by atoms with Gasteiger partial charge >= 0.3 is 6.09 Å². The number of amides is 1. The maximum Gasteiger partial charge on any atom is 0.412 e. The average Bonchev–Trinajstić information content (AvgIpc) is 2.95. The molecule has 1 N–H and O–H groups in total. The van der Waals surface area contributed by atoms with Gasteiger partial charge in [-0.25, -0.2) is 28.2 Å². The lowest BCUT2D eigenvalue weighted by Crippen LogP contribution is -2.37. The topological polar surface area (TPSA) is 124 Å². The average molecular weight is 637 g/mol. The van der Waals surface area contributed by atoms with Gasteiger partial charge in [0, 0.05) is 36.5 Å². The van der Waals surface area contributed by atoms with Crippen LogP contribution in [0.15, 0.2) is 65.7 Å². The van der Waals surface area contributed by atoms with Gasteiger partial charge in [0.15, 0.2) is 15.7 Å². The zero-order valence-corrected chi connectivity index (χ0v) is 24.8. The molecule has 1 saturated heterocycles. The van der Waals surface area contributed by atoms with E-state index < -0.39 is 26.3 Å². The molecule has 10 nitrogen and oxygen atoms in total. The number of carbonyl (C=O) groups is 1. The number of hydrogen-bond acceptors (Lipinski definition) is 9. The molecule has 0 radical (unpaired) electrons. The van der Waals surface area contributed by atoms with Crippen molar-refractivity contribution in [2.75, 3.05) is 49.4 Å². The molecule has 0 unspecified atom stereocenters. The number of anilines is 2. The number of alkyl halides is 3. The molecule has 3 heterocycles. The zero-order valence-electron chi connectivity index (χ0n) is 21.7. The summed E-state index contributed by atoms with van der Waals surface area (Å²) < 4.78 is 32.9. The van der Waals surface area contributed by atoms with Gasteiger partial charge in [-0.05, 0) is 47.5 Å². The van der Waals surface area contributed by atoms with Crippen molar-refractivity contribution in [1.29, 1.82) is 0 Å². The molecule has 1 fully saturated rings. The third kappa shape index (κ3) is 7.35. The second-order valence-corrected chi connectivity index (χ2v) is 13.8. The first kappa shape index (κ1) is 29.3. The first-order valence-corrected chi connectivity index (χ1v) is 15.4. The molecule has 1 aliphatic heterocycles. The van der Waals surface area contributed by atoms with E-state index in [1.54, 1.807) is 30.3 Å². The molecule has 4 aromatic rings. The van der Waals surface area contributed by atoms with Crippen molar-refractivity contribution < 1.29 is 22.7 Å². The number of ether oxygens (including phenoxy) is 2. The highest BCUT2D eigenvalue weighted by Crippen LogP contribution is 2.32.